The average Bonchev–Trinajstić information content (AvgIpc) is 2.68. The van der Waals surface area contributed by atoms with Crippen molar-refractivity contribution in [3.05, 3.63) is 52.5 Å². The minimum Gasteiger partial charge on any atom is -0.485 e. The number of ether oxygens (including phenoxy) is 2. The van der Waals surface area contributed by atoms with Crippen LogP contribution < -0.4 is 19.7 Å². The third kappa shape index (κ3) is 5.10. The van der Waals surface area contributed by atoms with E-state index in [-0.39, 0.29) is 43.4 Å². The third-order valence-electron chi connectivity index (χ3n) is 4.47. The maximum atomic E-state index is 12.7. The van der Waals surface area contributed by atoms with E-state index in [1.54, 1.807) is 36.4 Å². The molecule has 0 saturated carbocycles. The minimum atomic E-state index is -0.348. The minimum absolute atomic E-state index is 0.0468. The van der Waals surface area contributed by atoms with Crippen molar-refractivity contribution >= 4 is 34.9 Å². The van der Waals surface area contributed by atoms with Crippen molar-refractivity contribution in [1.29, 1.82) is 0 Å². The highest BCUT2D eigenvalue weighted by atomic mass is 35.5. The maximum absolute atomic E-state index is 12.7. The Morgan fingerprint density at radius 3 is 2.70 bits per heavy atom. The monoisotopic (exact) mass is 430 g/mol. The normalized spacial score (nSPS) is 13.0. The highest BCUT2D eigenvalue weighted by molar-refractivity contribution is 6.30. The molecule has 0 unspecified atom stereocenters. The number of aryl methyl sites for hydroxylation is 1. The molecule has 0 aromatic heterocycles. The number of carbonyl (C=O) groups is 3. The molecule has 2 aromatic rings. The van der Waals surface area contributed by atoms with Crippen LogP contribution in [0, 0.1) is 6.92 Å². The van der Waals surface area contributed by atoms with Crippen LogP contribution in [0.25, 0.3) is 0 Å². The van der Waals surface area contributed by atoms with E-state index < -0.39 is 0 Å². The predicted molar refractivity (Wildman–Crippen MR) is 114 cm³/mol. The van der Waals surface area contributed by atoms with Crippen molar-refractivity contribution in [3.8, 4) is 11.5 Å². The van der Waals surface area contributed by atoms with Crippen LogP contribution in [0.4, 0.5) is 5.69 Å². The number of hydrogen-bond acceptors (Lipinski definition) is 5. The molecule has 1 aliphatic heterocycles. The van der Waals surface area contributed by atoms with Gasteiger partial charge < -0.3 is 14.8 Å². The van der Waals surface area contributed by atoms with E-state index >= 15 is 0 Å². The number of nitrogens with zero attached hydrogens (tertiary/aromatic N) is 1. The zero-order chi connectivity index (χ0) is 21.8. The number of rotatable bonds is 7. The summed E-state index contributed by atoms with van der Waals surface area (Å²) in [4.78, 5) is 38.5. The van der Waals surface area contributed by atoms with Gasteiger partial charge in [0.1, 0.15) is 18.0 Å². The Kier molecular flexibility index (Phi) is 6.62. The predicted octanol–water partition coefficient (Wildman–Crippen LogP) is 3.16. The van der Waals surface area contributed by atoms with E-state index in [9.17, 15) is 14.4 Å². The first kappa shape index (κ1) is 21.6. The molecule has 0 fully saturated rings. The van der Waals surface area contributed by atoms with Gasteiger partial charge in [-0.2, -0.15) is 0 Å². The number of benzene rings is 2. The van der Waals surface area contributed by atoms with Crippen molar-refractivity contribution in [3.63, 3.8) is 0 Å². The van der Waals surface area contributed by atoms with E-state index in [4.69, 9.17) is 21.1 Å². The summed E-state index contributed by atoms with van der Waals surface area (Å²) in [7, 11) is 0. The van der Waals surface area contributed by atoms with Gasteiger partial charge in [0.2, 0.25) is 5.91 Å². The number of carbonyl (C=O) groups excluding carboxylic acids is 3. The van der Waals surface area contributed by atoms with Crippen molar-refractivity contribution in [2.45, 2.75) is 26.8 Å². The highest BCUT2D eigenvalue weighted by Gasteiger charge is 2.28. The molecule has 0 atom stereocenters. The largest absolute Gasteiger partial charge is 0.485 e. The smallest absolute Gasteiger partial charge is 0.265 e. The molecule has 30 heavy (non-hydrogen) atoms. The number of anilines is 1. The lowest BCUT2D eigenvalue weighted by molar-refractivity contribution is -0.125. The summed E-state index contributed by atoms with van der Waals surface area (Å²) in [6, 6.07) is 9.89. The fourth-order valence-electron chi connectivity index (χ4n) is 3.06. The number of amides is 2. The first-order valence-corrected chi connectivity index (χ1v) is 9.91. The molecular formula is C22H23ClN2O5. The molecule has 1 heterocycles. The highest BCUT2D eigenvalue weighted by Crippen LogP contribution is 2.33. The van der Waals surface area contributed by atoms with Gasteiger partial charge in [0.15, 0.2) is 19.0 Å². The standard InChI is InChI=1S/C22H23ClN2O5/c1-13(2)24-21(27)10-25-17-9-15(4-6-20(17)30-12-22(25)28)18(26)11-29-19-7-5-16(23)8-14(19)3/h4-9,13H,10-12H2,1-3H3,(H,24,27). The van der Waals surface area contributed by atoms with Gasteiger partial charge in [0.25, 0.3) is 5.91 Å². The SMILES string of the molecule is Cc1cc(Cl)ccc1OCC(=O)c1ccc2c(c1)N(CC(=O)NC(C)C)C(=O)CO2. The third-order valence-corrected chi connectivity index (χ3v) is 4.71. The fraction of sp³-hybridized carbons (Fsp3) is 0.318. The van der Waals surface area contributed by atoms with Crippen molar-refractivity contribution in [2.24, 2.45) is 0 Å². The van der Waals surface area contributed by atoms with Crippen LogP contribution in [0.3, 0.4) is 0 Å². The average molecular weight is 431 g/mol. The van der Waals surface area contributed by atoms with E-state index in [0.29, 0.717) is 27.8 Å². The number of Topliss-reactive ketones (excluding diaryl/α,β-unsaturated/α-hetero) is 1. The zero-order valence-electron chi connectivity index (χ0n) is 17.0. The summed E-state index contributed by atoms with van der Waals surface area (Å²) < 4.78 is 11.1. The topological polar surface area (TPSA) is 84.9 Å². The molecular weight excluding hydrogens is 408 g/mol. The van der Waals surface area contributed by atoms with Crippen molar-refractivity contribution < 1.29 is 23.9 Å². The Labute approximate surface area is 179 Å². The number of ketones is 1. The van der Waals surface area contributed by atoms with Gasteiger partial charge in [0.05, 0.1) is 5.69 Å². The molecule has 158 valence electrons. The van der Waals surface area contributed by atoms with E-state index in [0.717, 1.165) is 5.56 Å². The Bertz CT molecular complexity index is 989. The van der Waals surface area contributed by atoms with Crippen LogP contribution >= 0.6 is 11.6 Å². The van der Waals surface area contributed by atoms with Crippen LogP contribution in [0.15, 0.2) is 36.4 Å². The van der Waals surface area contributed by atoms with Gasteiger partial charge in [-0.25, -0.2) is 0 Å². The Balaban J connectivity index is 1.76. The molecule has 2 aromatic carbocycles. The summed E-state index contributed by atoms with van der Waals surface area (Å²) in [5, 5.41) is 3.35. The fourth-order valence-corrected chi connectivity index (χ4v) is 3.29. The molecule has 3 rings (SSSR count). The summed E-state index contributed by atoms with van der Waals surface area (Å²) in [5.41, 5.74) is 1.56. The molecule has 0 saturated heterocycles. The van der Waals surface area contributed by atoms with Gasteiger partial charge in [-0.15, -0.1) is 0 Å². The summed E-state index contributed by atoms with van der Waals surface area (Å²) >= 11 is 5.94. The molecule has 1 N–H and O–H groups in total. The second kappa shape index (κ2) is 9.17. The molecule has 0 bridgehead atoms. The summed E-state index contributed by atoms with van der Waals surface area (Å²) in [5.74, 6) is 0.106. The number of hydrogen-bond donors (Lipinski definition) is 1. The molecule has 0 aliphatic carbocycles. The Morgan fingerprint density at radius 2 is 2.00 bits per heavy atom. The maximum Gasteiger partial charge on any atom is 0.265 e. The molecule has 7 nitrogen and oxygen atoms in total. The Morgan fingerprint density at radius 1 is 1.23 bits per heavy atom. The van der Waals surface area contributed by atoms with E-state index in [2.05, 4.69) is 5.32 Å². The van der Waals surface area contributed by atoms with Gasteiger partial charge in [0, 0.05) is 16.6 Å². The van der Waals surface area contributed by atoms with Crippen molar-refractivity contribution in [1.82, 2.24) is 5.32 Å². The lowest BCUT2D eigenvalue weighted by atomic mass is 10.1. The molecule has 0 spiro atoms. The van der Waals surface area contributed by atoms with Gasteiger partial charge in [-0.3, -0.25) is 19.3 Å². The number of nitrogens with one attached hydrogen (secondary N) is 1. The number of halogens is 1. The van der Waals surface area contributed by atoms with Crippen molar-refractivity contribution in [2.75, 3.05) is 24.7 Å². The summed E-state index contributed by atoms with van der Waals surface area (Å²) in [6.07, 6.45) is 0. The van der Waals surface area contributed by atoms with Crippen LogP contribution in [-0.2, 0) is 9.59 Å². The quantitative estimate of drug-likeness (QED) is 0.682. The molecule has 0 radical (unpaired) electrons. The van der Waals surface area contributed by atoms with E-state index in [1.807, 2.05) is 20.8 Å². The van der Waals surface area contributed by atoms with Gasteiger partial charge >= 0.3 is 0 Å². The molecule has 1 aliphatic rings. The molecule has 2 amide bonds. The lowest BCUT2D eigenvalue weighted by Crippen LogP contribution is -2.46. The van der Waals surface area contributed by atoms with Crippen LogP contribution in [0.5, 0.6) is 11.5 Å². The van der Waals surface area contributed by atoms with Gasteiger partial charge in [-0.05, 0) is 62.7 Å². The van der Waals surface area contributed by atoms with Crippen LogP contribution in [0.2, 0.25) is 5.02 Å². The van der Waals surface area contributed by atoms with Gasteiger partial charge in [-0.1, -0.05) is 11.6 Å². The Hall–Kier alpha value is -3.06. The number of fused-ring (bicyclic) bond motifs is 1. The van der Waals surface area contributed by atoms with Crippen LogP contribution in [0.1, 0.15) is 29.8 Å². The van der Waals surface area contributed by atoms with E-state index in [1.165, 1.54) is 4.90 Å². The zero-order valence-corrected chi connectivity index (χ0v) is 17.8. The lowest BCUT2D eigenvalue weighted by Gasteiger charge is -2.29. The first-order valence-electron chi connectivity index (χ1n) is 9.53. The summed E-state index contributed by atoms with van der Waals surface area (Å²) in [6.45, 7) is 5.04. The van der Waals surface area contributed by atoms with Crippen LogP contribution in [-0.4, -0.2) is 43.4 Å². The molecule has 8 heteroatoms. The second-order valence-corrected chi connectivity index (χ2v) is 7.73. The second-order valence-electron chi connectivity index (χ2n) is 7.29. The first-order chi connectivity index (χ1) is 14.2.